The summed E-state index contributed by atoms with van der Waals surface area (Å²) in [6, 6.07) is 11.5. The Morgan fingerprint density at radius 2 is 1.72 bits per heavy atom. The minimum atomic E-state index is -4.07. The zero-order valence-corrected chi connectivity index (χ0v) is 30.8. The van der Waals surface area contributed by atoms with E-state index in [1.165, 1.54) is 16.3 Å². The Labute approximate surface area is 295 Å². The van der Waals surface area contributed by atoms with Gasteiger partial charge in [0.25, 0.3) is 5.91 Å². The molecule has 1 N–H and O–H groups in total. The molecule has 270 valence electrons. The molecule has 4 fully saturated rings. The second-order valence-corrected chi connectivity index (χ2v) is 19.2. The number of methoxy groups -OCH3 is 1. The number of nitrogens with one attached hydrogen (secondary N) is 1. The SMILES string of the molecule is COc1ccc2c(c1)C1CC1(S(=O)(=O)N1CCC(C(C)C)C1)Cn1c-2c(C2CCCCC2)c2ccc(C(=O)NS(=O)(=O)N3CCOCC3)cc21. The molecule has 11 nitrogen and oxygen atoms in total. The van der Waals surface area contributed by atoms with Gasteiger partial charge >= 0.3 is 10.2 Å². The zero-order chi connectivity index (χ0) is 35.0. The highest BCUT2D eigenvalue weighted by molar-refractivity contribution is 7.91. The molecular formula is C37H48N4O7S2. The smallest absolute Gasteiger partial charge is 0.304 e. The van der Waals surface area contributed by atoms with Crippen LogP contribution in [0.1, 0.15) is 92.1 Å². The molecule has 2 saturated carbocycles. The van der Waals surface area contributed by atoms with E-state index in [1.807, 2.05) is 18.2 Å². The Bertz CT molecular complexity index is 2050. The summed E-state index contributed by atoms with van der Waals surface area (Å²) >= 11 is 0. The minimum absolute atomic E-state index is 0.176. The summed E-state index contributed by atoms with van der Waals surface area (Å²) in [4.78, 5) is 13.6. The summed E-state index contributed by atoms with van der Waals surface area (Å²) in [6.45, 7) is 6.55. The number of hydrogen-bond donors (Lipinski definition) is 1. The molecule has 0 radical (unpaired) electrons. The molecule has 0 spiro atoms. The van der Waals surface area contributed by atoms with Crippen molar-refractivity contribution in [1.82, 2.24) is 17.9 Å². The number of carbonyl (C=O) groups excluding carboxylic acids is 1. The van der Waals surface area contributed by atoms with E-state index in [4.69, 9.17) is 9.47 Å². The van der Waals surface area contributed by atoms with E-state index in [0.29, 0.717) is 37.1 Å². The molecule has 1 aromatic heterocycles. The van der Waals surface area contributed by atoms with Crippen LogP contribution < -0.4 is 9.46 Å². The third kappa shape index (κ3) is 5.50. The van der Waals surface area contributed by atoms with Gasteiger partial charge in [0.15, 0.2) is 0 Å². The van der Waals surface area contributed by atoms with Crippen molar-refractivity contribution in [3.63, 3.8) is 0 Å². The average molecular weight is 725 g/mol. The maximum absolute atomic E-state index is 14.9. The summed E-state index contributed by atoms with van der Waals surface area (Å²) in [6.07, 6.45) is 6.88. The van der Waals surface area contributed by atoms with Crippen molar-refractivity contribution in [3.05, 3.63) is 53.1 Å². The lowest BCUT2D eigenvalue weighted by atomic mass is 9.81. The van der Waals surface area contributed by atoms with Crippen LogP contribution in [0.25, 0.3) is 22.2 Å². The van der Waals surface area contributed by atoms with Crippen LogP contribution in [-0.4, -0.2) is 87.2 Å². The Kier molecular flexibility index (Phi) is 8.61. The lowest BCUT2D eigenvalue weighted by Gasteiger charge is -2.26. The number of amides is 1. The normalized spacial score (nSPS) is 26.3. The number of aromatic nitrogens is 1. The van der Waals surface area contributed by atoms with Crippen LogP contribution in [-0.2, 0) is 31.5 Å². The number of hydrogen-bond acceptors (Lipinski definition) is 7. The molecule has 0 bridgehead atoms. The minimum Gasteiger partial charge on any atom is -0.497 e. The molecule has 3 atom stereocenters. The number of nitrogens with zero attached hydrogens (tertiary/aromatic N) is 3. The molecule has 2 saturated heterocycles. The van der Waals surface area contributed by atoms with Gasteiger partial charge in [-0.3, -0.25) is 4.79 Å². The number of carbonyl (C=O) groups is 1. The summed E-state index contributed by atoms with van der Waals surface area (Å²) < 4.78 is 73.5. The first-order valence-electron chi connectivity index (χ1n) is 18.2. The van der Waals surface area contributed by atoms with Gasteiger partial charge in [-0.15, -0.1) is 0 Å². The van der Waals surface area contributed by atoms with Crippen molar-refractivity contribution in [2.75, 3.05) is 46.5 Å². The van der Waals surface area contributed by atoms with E-state index in [1.54, 1.807) is 23.5 Å². The molecule has 13 heteroatoms. The first-order valence-corrected chi connectivity index (χ1v) is 21.1. The van der Waals surface area contributed by atoms with Crippen molar-refractivity contribution in [2.45, 2.75) is 81.9 Å². The number of fused-ring (bicyclic) bond motifs is 7. The third-order valence-corrected chi connectivity index (χ3v) is 16.3. The summed E-state index contributed by atoms with van der Waals surface area (Å²) in [7, 11) is -6.16. The maximum atomic E-state index is 14.9. The highest BCUT2D eigenvalue weighted by Gasteiger charge is 2.68. The lowest BCUT2D eigenvalue weighted by Crippen LogP contribution is -2.48. The van der Waals surface area contributed by atoms with Crippen molar-refractivity contribution < 1.29 is 31.1 Å². The van der Waals surface area contributed by atoms with Gasteiger partial charge in [-0.1, -0.05) is 39.2 Å². The van der Waals surface area contributed by atoms with E-state index in [9.17, 15) is 21.6 Å². The second kappa shape index (κ2) is 12.6. The quantitative estimate of drug-likeness (QED) is 0.338. The Morgan fingerprint density at radius 3 is 2.42 bits per heavy atom. The number of ether oxygens (including phenoxy) is 2. The Balaban J connectivity index is 1.29. The fourth-order valence-corrected chi connectivity index (χ4v) is 12.8. The molecule has 2 aliphatic carbocycles. The van der Waals surface area contributed by atoms with Crippen molar-refractivity contribution in [2.24, 2.45) is 11.8 Å². The fraction of sp³-hybridized carbons (Fsp3) is 0.595. The summed E-state index contributed by atoms with van der Waals surface area (Å²) in [5, 5.41) is 0.994. The van der Waals surface area contributed by atoms with Gasteiger partial charge in [0, 0.05) is 60.7 Å². The molecule has 8 rings (SSSR count). The highest BCUT2D eigenvalue weighted by atomic mass is 32.2. The standard InChI is InChI=1S/C37H48N4O7S2/c1-24(2)27-13-14-40(22-27)49(43,44)37-21-32(37)31-20-28(47-3)10-12-29(31)35-34(25-7-5-4-6-8-25)30-11-9-26(19-33(30)41(35)23-37)36(42)38-50(45,46)39-15-17-48-18-16-39/h9-12,19-20,24-25,27,32H,4-8,13-18,21-23H2,1-3H3,(H,38,42). The molecule has 3 aromatic rings. The van der Waals surface area contributed by atoms with Crippen LogP contribution in [0.3, 0.4) is 0 Å². The van der Waals surface area contributed by atoms with Gasteiger partial charge in [-0.05, 0) is 84.9 Å². The zero-order valence-electron chi connectivity index (χ0n) is 29.2. The van der Waals surface area contributed by atoms with Gasteiger partial charge in [0.05, 0.1) is 26.0 Å². The predicted octanol–water partition coefficient (Wildman–Crippen LogP) is 5.22. The van der Waals surface area contributed by atoms with E-state index in [0.717, 1.165) is 59.8 Å². The molecule has 50 heavy (non-hydrogen) atoms. The monoisotopic (exact) mass is 724 g/mol. The first-order chi connectivity index (χ1) is 23.9. The number of benzene rings is 2. The van der Waals surface area contributed by atoms with Gasteiger partial charge in [0.1, 0.15) is 10.5 Å². The maximum Gasteiger partial charge on any atom is 0.304 e. The number of sulfonamides is 1. The van der Waals surface area contributed by atoms with Crippen LogP contribution >= 0.6 is 0 Å². The van der Waals surface area contributed by atoms with Crippen LogP contribution in [0.2, 0.25) is 0 Å². The third-order valence-electron chi connectivity index (χ3n) is 12.2. The number of morpholine rings is 1. The van der Waals surface area contributed by atoms with Gasteiger partial charge in [0.2, 0.25) is 10.0 Å². The molecular weight excluding hydrogens is 677 g/mol. The van der Waals surface area contributed by atoms with Crippen LogP contribution in [0.5, 0.6) is 5.75 Å². The predicted molar refractivity (Wildman–Crippen MR) is 192 cm³/mol. The van der Waals surface area contributed by atoms with Gasteiger partial charge < -0.3 is 14.0 Å². The molecule has 1 amide bonds. The van der Waals surface area contributed by atoms with E-state index >= 15 is 0 Å². The number of rotatable bonds is 8. The molecule has 4 heterocycles. The largest absolute Gasteiger partial charge is 0.497 e. The topological polar surface area (TPSA) is 127 Å². The Hall–Kier alpha value is -2.97. The van der Waals surface area contributed by atoms with Gasteiger partial charge in [-0.25, -0.2) is 17.4 Å². The van der Waals surface area contributed by atoms with Crippen molar-refractivity contribution in [3.8, 4) is 17.0 Å². The molecule has 3 unspecified atom stereocenters. The first kappa shape index (κ1) is 34.1. The van der Waals surface area contributed by atoms with Crippen LogP contribution in [0.4, 0.5) is 0 Å². The van der Waals surface area contributed by atoms with E-state index in [2.05, 4.69) is 29.2 Å². The van der Waals surface area contributed by atoms with Gasteiger partial charge in [-0.2, -0.15) is 12.7 Å². The molecule has 3 aliphatic heterocycles. The van der Waals surface area contributed by atoms with Crippen molar-refractivity contribution >= 4 is 37.0 Å². The van der Waals surface area contributed by atoms with E-state index in [-0.39, 0.29) is 50.2 Å². The molecule has 2 aromatic carbocycles. The Morgan fingerprint density at radius 1 is 0.960 bits per heavy atom. The van der Waals surface area contributed by atoms with Crippen molar-refractivity contribution in [1.29, 1.82) is 0 Å². The van der Waals surface area contributed by atoms with E-state index < -0.39 is 30.9 Å². The average Bonchev–Trinajstić information content (AvgIpc) is 3.51. The highest BCUT2D eigenvalue weighted by Crippen LogP contribution is 2.64. The summed E-state index contributed by atoms with van der Waals surface area (Å²) in [5.74, 6) is 0.799. The van der Waals surface area contributed by atoms with Crippen LogP contribution in [0, 0.1) is 11.8 Å². The fourth-order valence-electron chi connectivity index (χ4n) is 9.24. The lowest BCUT2D eigenvalue weighted by molar-refractivity contribution is 0.0719. The second-order valence-electron chi connectivity index (χ2n) is 15.3. The van der Waals surface area contributed by atoms with Crippen LogP contribution in [0.15, 0.2) is 36.4 Å². The summed E-state index contributed by atoms with van der Waals surface area (Å²) in [5.41, 5.74) is 5.22. The molecule has 5 aliphatic rings.